The van der Waals surface area contributed by atoms with E-state index in [9.17, 15) is 55.9 Å². The molecule has 5 rings (SSSR count). The van der Waals surface area contributed by atoms with Gasteiger partial charge in [0, 0.05) is 31.2 Å². The van der Waals surface area contributed by atoms with Crippen molar-refractivity contribution in [3.63, 3.8) is 0 Å². The number of rotatable bonds is 7. The van der Waals surface area contributed by atoms with Crippen LogP contribution in [0.2, 0.25) is 0 Å². The van der Waals surface area contributed by atoms with Crippen LogP contribution in [0.4, 0.5) is 0 Å². The van der Waals surface area contributed by atoms with Crippen LogP contribution in [0.1, 0.15) is 13.8 Å². The molecule has 1 aromatic heterocycles. The normalized spacial score (nSPS) is 31.5. The fraction of sp³-hybridized carbons (Fsp3) is 0.448. The second-order valence-electron chi connectivity index (χ2n) is 10.9. The molecule has 10 N–H and O–H groups in total. The van der Waals surface area contributed by atoms with Crippen LogP contribution in [0.3, 0.4) is 0 Å². The third-order valence-corrected chi connectivity index (χ3v) is 7.57. The molecule has 2 aliphatic heterocycles. The van der Waals surface area contributed by atoms with Crippen molar-refractivity contribution >= 4 is 16.9 Å². The summed E-state index contributed by atoms with van der Waals surface area (Å²) in [5.74, 6) is -4.49. The van der Waals surface area contributed by atoms with E-state index >= 15 is 0 Å². The van der Waals surface area contributed by atoms with Gasteiger partial charge in [0.15, 0.2) is 29.6 Å². The number of aliphatic hydroxyl groups is 5. The monoisotopic (exact) mass is 653 g/mol. The zero-order chi connectivity index (χ0) is 33.6. The Morgan fingerprint density at radius 3 is 2.13 bits per heavy atom. The van der Waals surface area contributed by atoms with Crippen LogP contribution in [-0.4, -0.2) is 125 Å². The highest BCUT2D eigenvalue weighted by atomic mass is 16.7. The van der Waals surface area contributed by atoms with Gasteiger partial charge in [-0.2, -0.15) is 0 Å². The number of carbonyl (C=O) groups is 1. The molecule has 2 saturated heterocycles. The standard InChI is InChI=1S/C29H32O17/c1-9-20(35)27(43-10(2)30)25(40)28(42-9)41-8-19-22(37)23(38)24(39)29(46-19)45-18-7-13-14(32)5-12(31)6-17(13)44-26(18)11-3-15(33)21(36)16(34)4-11/h3-7,9,19-20,22-25,27-29,35,37-40H,8H2,1-2H3,(H4-,31,32,33,34,36)/p+1/t9?,19?,20-,22+,23-,24?,25-,27?,28+,29+/m0/s1. The minimum Gasteiger partial charge on any atom is -0.507 e. The smallest absolute Gasteiger partial charge is 0.402 e. The lowest BCUT2D eigenvalue weighted by Crippen LogP contribution is -2.62. The molecular weight excluding hydrogens is 620 g/mol. The van der Waals surface area contributed by atoms with Gasteiger partial charge in [-0.3, -0.25) is 4.79 Å². The predicted octanol–water partition coefficient (Wildman–Crippen LogP) is -0.490. The number of phenolic OH excluding ortho intramolecular Hbond substituents is 5. The molecule has 2 aromatic carbocycles. The summed E-state index contributed by atoms with van der Waals surface area (Å²) in [5, 5.41) is 103. The highest BCUT2D eigenvalue weighted by Crippen LogP contribution is 2.45. The van der Waals surface area contributed by atoms with Gasteiger partial charge in [-0.15, -0.1) is 0 Å². The maximum absolute atomic E-state index is 11.5. The Bertz CT molecular complexity index is 1570. The fourth-order valence-electron chi connectivity index (χ4n) is 5.14. The minimum absolute atomic E-state index is 0.00313. The van der Waals surface area contributed by atoms with Gasteiger partial charge in [-0.1, -0.05) is 0 Å². The summed E-state index contributed by atoms with van der Waals surface area (Å²) < 4.78 is 33.4. The molecule has 0 bridgehead atoms. The van der Waals surface area contributed by atoms with Crippen LogP contribution < -0.4 is 4.74 Å². The predicted molar refractivity (Wildman–Crippen MR) is 150 cm³/mol. The van der Waals surface area contributed by atoms with Crippen molar-refractivity contribution < 1.29 is 84.0 Å². The Morgan fingerprint density at radius 2 is 1.48 bits per heavy atom. The SMILES string of the molecule is CC(=O)OC1[C@@H](O)C(C)O[C@@H](OCC2O[C@@H](Oc3cc4c(O)cc(O)cc4[o+]c3-c3cc(O)c(O)c(O)c3)C(O)[C@@H](O)[C@@H]2O)[C@H]1O. The van der Waals surface area contributed by atoms with E-state index in [-0.39, 0.29) is 33.8 Å². The quantitative estimate of drug-likeness (QED) is 0.0875. The number of aromatic hydroxyl groups is 5. The van der Waals surface area contributed by atoms with E-state index in [2.05, 4.69) is 0 Å². The number of fused-ring (bicyclic) bond motifs is 1. The van der Waals surface area contributed by atoms with Crippen LogP contribution in [0.5, 0.6) is 34.5 Å². The number of phenols is 5. The maximum Gasteiger partial charge on any atom is 0.402 e. The van der Waals surface area contributed by atoms with Gasteiger partial charge < -0.3 is 74.7 Å². The van der Waals surface area contributed by atoms with Crippen molar-refractivity contribution in [2.24, 2.45) is 0 Å². The van der Waals surface area contributed by atoms with E-state index in [0.29, 0.717) is 0 Å². The van der Waals surface area contributed by atoms with Crippen molar-refractivity contribution in [3.05, 3.63) is 30.3 Å². The Morgan fingerprint density at radius 1 is 0.804 bits per heavy atom. The van der Waals surface area contributed by atoms with Crippen LogP contribution in [-0.2, 0) is 23.7 Å². The summed E-state index contributed by atoms with van der Waals surface area (Å²) in [5.41, 5.74) is -0.170. The Hall–Kier alpha value is -4.20. The van der Waals surface area contributed by atoms with Gasteiger partial charge in [0.2, 0.25) is 12.0 Å². The molecule has 250 valence electrons. The number of hydrogen-bond donors (Lipinski definition) is 10. The number of hydrogen-bond acceptors (Lipinski definition) is 16. The molecule has 4 unspecified atom stereocenters. The van der Waals surface area contributed by atoms with Gasteiger partial charge >= 0.3 is 17.3 Å². The van der Waals surface area contributed by atoms with Crippen LogP contribution >= 0.6 is 0 Å². The molecule has 2 fully saturated rings. The molecule has 0 radical (unpaired) electrons. The third kappa shape index (κ3) is 6.39. The lowest BCUT2D eigenvalue weighted by molar-refractivity contribution is -0.319. The zero-order valence-electron chi connectivity index (χ0n) is 24.2. The first-order chi connectivity index (χ1) is 21.7. The molecule has 0 aliphatic carbocycles. The lowest BCUT2D eigenvalue weighted by atomic mass is 9.98. The van der Waals surface area contributed by atoms with Crippen LogP contribution in [0.25, 0.3) is 22.3 Å². The molecule has 0 amide bonds. The first-order valence-corrected chi connectivity index (χ1v) is 13.9. The summed E-state index contributed by atoms with van der Waals surface area (Å²) in [4.78, 5) is 11.5. The molecule has 17 heteroatoms. The highest BCUT2D eigenvalue weighted by Gasteiger charge is 2.49. The van der Waals surface area contributed by atoms with E-state index in [1.807, 2.05) is 0 Å². The summed E-state index contributed by atoms with van der Waals surface area (Å²) >= 11 is 0. The Kier molecular flexibility index (Phi) is 9.30. The summed E-state index contributed by atoms with van der Waals surface area (Å²) in [7, 11) is 0. The number of carbonyl (C=O) groups excluding carboxylic acids is 1. The largest absolute Gasteiger partial charge is 0.507 e. The minimum atomic E-state index is -1.90. The van der Waals surface area contributed by atoms with Gasteiger partial charge in [-0.25, -0.2) is 4.42 Å². The fourth-order valence-corrected chi connectivity index (χ4v) is 5.14. The average molecular weight is 654 g/mol. The van der Waals surface area contributed by atoms with E-state index in [4.69, 9.17) is 28.1 Å². The summed E-state index contributed by atoms with van der Waals surface area (Å²) in [6.07, 6.45) is -15.6. The number of benzene rings is 2. The average Bonchev–Trinajstić information content (AvgIpc) is 2.99. The number of ether oxygens (including phenoxy) is 5. The molecule has 2 aliphatic rings. The number of aliphatic hydroxyl groups excluding tert-OH is 5. The van der Waals surface area contributed by atoms with Crippen LogP contribution in [0.15, 0.2) is 34.7 Å². The van der Waals surface area contributed by atoms with Crippen LogP contribution in [0, 0.1) is 0 Å². The van der Waals surface area contributed by atoms with E-state index in [0.717, 1.165) is 31.2 Å². The van der Waals surface area contributed by atoms with E-state index < -0.39 is 97.0 Å². The molecule has 17 nitrogen and oxygen atoms in total. The van der Waals surface area contributed by atoms with Gasteiger partial charge in [0.05, 0.1) is 24.3 Å². The second kappa shape index (κ2) is 12.9. The summed E-state index contributed by atoms with van der Waals surface area (Å²) in [6, 6.07) is 5.36. The topological polar surface area (TPSA) is 277 Å². The molecule has 0 saturated carbocycles. The molecule has 46 heavy (non-hydrogen) atoms. The number of esters is 1. The van der Waals surface area contributed by atoms with E-state index in [1.54, 1.807) is 0 Å². The maximum atomic E-state index is 11.5. The molecule has 0 spiro atoms. The first-order valence-electron chi connectivity index (χ1n) is 13.9. The molecule has 3 heterocycles. The van der Waals surface area contributed by atoms with Gasteiger partial charge in [-0.05, 0) is 6.92 Å². The van der Waals surface area contributed by atoms with Crippen molar-refractivity contribution in [2.45, 2.75) is 75.3 Å². The van der Waals surface area contributed by atoms with Crippen molar-refractivity contribution in [1.29, 1.82) is 0 Å². The second-order valence-corrected chi connectivity index (χ2v) is 10.9. The van der Waals surface area contributed by atoms with E-state index in [1.165, 1.54) is 13.0 Å². The van der Waals surface area contributed by atoms with Crippen molar-refractivity contribution in [2.75, 3.05) is 6.61 Å². The molecular formula is C29H33O17+. The lowest BCUT2D eigenvalue weighted by Gasteiger charge is -2.43. The first kappa shape index (κ1) is 33.2. The zero-order valence-corrected chi connectivity index (χ0v) is 24.2. The third-order valence-electron chi connectivity index (χ3n) is 7.57. The molecule has 3 aromatic rings. The van der Waals surface area contributed by atoms with Crippen molar-refractivity contribution in [3.8, 4) is 45.8 Å². The molecule has 10 atom stereocenters. The van der Waals surface area contributed by atoms with Gasteiger partial charge in [0.1, 0.15) is 53.5 Å². The summed E-state index contributed by atoms with van der Waals surface area (Å²) in [6.45, 7) is 1.94. The Balaban J connectivity index is 1.43. The van der Waals surface area contributed by atoms with Crippen molar-refractivity contribution in [1.82, 2.24) is 0 Å². The Labute approximate surface area is 259 Å². The highest BCUT2D eigenvalue weighted by molar-refractivity contribution is 5.88. The van der Waals surface area contributed by atoms with Gasteiger partial charge in [0.25, 0.3) is 0 Å².